The van der Waals surface area contributed by atoms with Gasteiger partial charge in [-0.3, -0.25) is 0 Å². The molecular weight excluding hydrogens is 248 g/mol. The van der Waals surface area contributed by atoms with Gasteiger partial charge in [-0.05, 0) is 31.1 Å². The fourth-order valence-electron chi connectivity index (χ4n) is 2.13. The highest BCUT2D eigenvalue weighted by Gasteiger charge is 2.41. The monoisotopic (exact) mass is 268 g/mol. The molecule has 20 heavy (non-hydrogen) atoms. The highest BCUT2D eigenvalue weighted by Crippen LogP contribution is 2.34. The summed E-state index contributed by atoms with van der Waals surface area (Å²) in [5.41, 5.74) is -1.09. The second-order valence-electron chi connectivity index (χ2n) is 5.44. The van der Waals surface area contributed by atoms with Gasteiger partial charge in [0, 0.05) is 0 Å². The van der Waals surface area contributed by atoms with Crippen molar-refractivity contribution in [2.45, 2.75) is 25.0 Å². The molecule has 0 fully saturated rings. The molecule has 2 nitrogen and oxygen atoms in total. The Morgan fingerprint density at radius 3 is 1.80 bits per heavy atom. The smallest absolute Gasteiger partial charge is 0.136 e. The number of benzene rings is 2. The van der Waals surface area contributed by atoms with E-state index in [0.717, 1.165) is 5.56 Å². The summed E-state index contributed by atoms with van der Waals surface area (Å²) in [5.74, 6) is 0. The SMILES string of the molecule is CC(C)(O)C(O)(/C=C/c1ccccc1)c1ccccc1. The van der Waals surface area contributed by atoms with Crippen molar-refractivity contribution in [3.05, 3.63) is 77.9 Å². The van der Waals surface area contributed by atoms with Gasteiger partial charge in [-0.25, -0.2) is 0 Å². The Bertz CT molecular complexity index is 567. The van der Waals surface area contributed by atoms with Crippen molar-refractivity contribution in [1.82, 2.24) is 0 Å². The fraction of sp³-hybridized carbons (Fsp3) is 0.222. The molecule has 0 aliphatic heterocycles. The second-order valence-corrected chi connectivity index (χ2v) is 5.44. The molecule has 0 saturated carbocycles. The Balaban J connectivity index is 2.42. The standard InChI is InChI=1S/C18H20O2/c1-17(2,19)18(20,16-11-7-4-8-12-16)14-13-15-9-5-3-6-10-15/h3-14,19-20H,1-2H3/b14-13+. The zero-order valence-corrected chi connectivity index (χ0v) is 11.8. The summed E-state index contributed by atoms with van der Waals surface area (Å²) in [6.07, 6.45) is 3.47. The molecule has 0 aliphatic carbocycles. The molecule has 2 aromatic carbocycles. The normalized spacial score (nSPS) is 15.2. The molecule has 2 heteroatoms. The van der Waals surface area contributed by atoms with E-state index >= 15 is 0 Å². The lowest BCUT2D eigenvalue weighted by atomic mass is 9.79. The molecule has 2 rings (SSSR count). The predicted molar refractivity (Wildman–Crippen MR) is 82.1 cm³/mol. The van der Waals surface area contributed by atoms with Crippen molar-refractivity contribution >= 4 is 6.08 Å². The molecule has 0 heterocycles. The predicted octanol–water partition coefficient (Wildman–Crippen LogP) is 3.36. The van der Waals surface area contributed by atoms with Gasteiger partial charge in [0.1, 0.15) is 5.60 Å². The minimum absolute atomic E-state index is 0.666. The van der Waals surface area contributed by atoms with Gasteiger partial charge in [0.05, 0.1) is 5.60 Å². The van der Waals surface area contributed by atoms with E-state index < -0.39 is 11.2 Å². The van der Waals surface area contributed by atoms with E-state index in [4.69, 9.17) is 0 Å². The van der Waals surface area contributed by atoms with Crippen LogP contribution in [0.5, 0.6) is 0 Å². The first-order valence-electron chi connectivity index (χ1n) is 6.68. The summed E-state index contributed by atoms with van der Waals surface area (Å²) >= 11 is 0. The van der Waals surface area contributed by atoms with Crippen molar-refractivity contribution in [2.24, 2.45) is 0 Å². The zero-order valence-electron chi connectivity index (χ0n) is 11.8. The Hall–Kier alpha value is -1.90. The van der Waals surface area contributed by atoms with Crippen molar-refractivity contribution in [3.8, 4) is 0 Å². The van der Waals surface area contributed by atoms with Crippen LogP contribution in [0.4, 0.5) is 0 Å². The number of aliphatic hydroxyl groups is 2. The first kappa shape index (κ1) is 14.5. The molecule has 0 radical (unpaired) electrons. The lowest BCUT2D eigenvalue weighted by Gasteiger charge is -2.37. The molecule has 2 N–H and O–H groups in total. The van der Waals surface area contributed by atoms with Crippen LogP contribution in [-0.2, 0) is 5.60 Å². The van der Waals surface area contributed by atoms with E-state index in [9.17, 15) is 10.2 Å². The van der Waals surface area contributed by atoms with Crippen molar-refractivity contribution in [2.75, 3.05) is 0 Å². The van der Waals surface area contributed by atoms with Crippen molar-refractivity contribution < 1.29 is 10.2 Å². The number of rotatable bonds is 4. The largest absolute Gasteiger partial charge is 0.387 e. The first-order chi connectivity index (χ1) is 9.43. The van der Waals surface area contributed by atoms with E-state index in [1.807, 2.05) is 66.7 Å². The first-order valence-corrected chi connectivity index (χ1v) is 6.68. The minimum atomic E-state index is -1.44. The van der Waals surface area contributed by atoms with Crippen LogP contribution in [0.3, 0.4) is 0 Å². The fourth-order valence-corrected chi connectivity index (χ4v) is 2.13. The van der Waals surface area contributed by atoms with Gasteiger partial charge in [-0.2, -0.15) is 0 Å². The molecule has 0 amide bonds. The van der Waals surface area contributed by atoms with E-state index in [2.05, 4.69) is 0 Å². The highest BCUT2D eigenvalue weighted by molar-refractivity contribution is 5.52. The Morgan fingerprint density at radius 1 is 0.800 bits per heavy atom. The summed E-state index contributed by atoms with van der Waals surface area (Å²) in [6.45, 7) is 3.21. The van der Waals surface area contributed by atoms with E-state index in [0.29, 0.717) is 5.56 Å². The third-order valence-corrected chi connectivity index (χ3v) is 3.46. The molecular formula is C18H20O2. The molecule has 0 saturated heterocycles. The van der Waals surface area contributed by atoms with Crippen LogP contribution in [0.1, 0.15) is 25.0 Å². The lowest BCUT2D eigenvalue weighted by molar-refractivity contribution is -0.104. The summed E-state index contributed by atoms with van der Waals surface area (Å²) < 4.78 is 0. The molecule has 2 aromatic rings. The van der Waals surface area contributed by atoms with E-state index in [1.54, 1.807) is 19.9 Å². The number of hydrogen-bond donors (Lipinski definition) is 2. The minimum Gasteiger partial charge on any atom is -0.387 e. The van der Waals surface area contributed by atoms with E-state index in [-0.39, 0.29) is 0 Å². The van der Waals surface area contributed by atoms with Crippen LogP contribution in [0.25, 0.3) is 6.08 Å². The van der Waals surface area contributed by atoms with Crippen molar-refractivity contribution in [1.29, 1.82) is 0 Å². The molecule has 0 aliphatic rings. The topological polar surface area (TPSA) is 40.5 Å². The molecule has 1 atom stereocenters. The lowest BCUT2D eigenvalue weighted by Crippen LogP contribution is -2.45. The molecule has 104 valence electrons. The molecule has 0 spiro atoms. The van der Waals surface area contributed by atoms with Gasteiger partial charge in [-0.15, -0.1) is 0 Å². The van der Waals surface area contributed by atoms with E-state index in [1.165, 1.54) is 0 Å². The van der Waals surface area contributed by atoms with Gasteiger partial charge < -0.3 is 10.2 Å². The van der Waals surface area contributed by atoms with Gasteiger partial charge >= 0.3 is 0 Å². The Labute approximate surface area is 120 Å². The van der Waals surface area contributed by atoms with Crippen LogP contribution in [0, 0.1) is 0 Å². The molecule has 0 bridgehead atoms. The van der Waals surface area contributed by atoms with Gasteiger partial charge in [0.25, 0.3) is 0 Å². The third kappa shape index (κ3) is 2.98. The molecule has 0 aromatic heterocycles. The maximum absolute atomic E-state index is 10.9. The molecule has 1 unspecified atom stereocenters. The van der Waals surface area contributed by atoms with Crippen LogP contribution in [-0.4, -0.2) is 15.8 Å². The quantitative estimate of drug-likeness (QED) is 0.892. The van der Waals surface area contributed by atoms with Crippen LogP contribution in [0.2, 0.25) is 0 Å². The van der Waals surface area contributed by atoms with Crippen LogP contribution >= 0.6 is 0 Å². The maximum atomic E-state index is 10.9. The van der Waals surface area contributed by atoms with Gasteiger partial charge in [0.2, 0.25) is 0 Å². The summed E-state index contributed by atoms with van der Waals surface area (Å²) in [6, 6.07) is 18.9. The van der Waals surface area contributed by atoms with Gasteiger partial charge in [-0.1, -0.05) is 66.7 Å². The third-order valence-electron chi connectivity index (χ3n) is 3.46. The average Bonchev–Trinajstić information content (AvgIpc) is 2.45. The second kappa shape index (κ2) is 5.61. The Morgan fingerprint density at radius 2 is 1.30 bits per heavy atom. The highest BCUT2D eigenvalue weighted by atomic mass is 16.4. The van der Waals surface area contributed by atoms with Crippen molar-refractivity contribution in [3.63, 3.8) is 0 Å². The van der Waals surface area contributed by atoms with Crippen LogP contribution in [0.15, 0.2) is 66.7 Å². The number of hydrogen-bond acceptors (Lipinski definition) is 2. The van der Waals surface area contributed by atoms with Crippen LogP contribution < -0.4 is 0 Å². The zero-order chi connectivity index (χ0) is 14.6. The summed E-state index contributed by atoms with van der Waals surface area (Å²) in [5, 5.41) is 21.3. The maximum Gasteiger partial charge on any atom is 0.136 e. The van der Waals surface area contributed by atoms with Gasteiger partial charge in [0.15, 0.2) is 0 Å². The summed E-state index contributed by atoms with van der Waals surface area (Å²) in [7, 11) is 0. The average molecular weight is 268 g/mol. The summed E-state index contributed by atoms with van der Waals surface area (Å²) in [4.78, 5) is 0. The Kier molecular flexibility index (Phi) is 4.07.